The van der Waals surface area contributed by atoms with E-state index in [9.17, 15) is 9.59 Å². The highest BCUT2D eigenvalue weighted by atomic mass is 79.9. The number of pyridine rings is 1. The van der Waals surface area contributed by atoms with Crippen molar-refractivity contribution in [1.82, 2.24) is 14.1 Å². The van der Waals surface area contributed by atoms with Gasteiger partial charge >= 0.3 is 5.69 Å². The number of aryl methyl sites for hydroxylation is 1. The SMILES string of the molecule is CCCn1cc(N)c(=O)n(Cc2ccc(Br)cn2)c1=O. The van der Waals surface area contributed by atoms with Gasteiger partial charge in [-0.15, -0.1) is 0 Å². The molecule has 0 aliphatic heterocycles. The predicted octanol–water partition coefficient (Wildman–Crippen LogP) is 1.21. The lowest BCUT2D eigenvalue weighted by Gasteiger charge is -2.10. The largest absolute Gasteiger partial charge is 0.393 e. The molecule has 0 unspecified atom stereocenters. The Morgan fingerprint density at radius 3 is 2.70 bits per heavy atom. The van der Waals surface area contributed by atoms with Crippen molar-refractivity contribution in [1.29, 1.82) is 0 Å². The van der Waals surface area contributed by atoms with Crippen LogP contribution in [-0.2, 0) is 13.1 Å². The van der Waals surface area contributed by atoms with Crippen LogP contribution in [0.3, 0.4) is 0 Å². The maximum Gasteiger partial charge on any atom is 0.331 e. The second-order valence-electron chi connectivity index (χ2n) is 4.42. The van der Waals surface area contributed by atoms with Gasteiger partial charge in [-0.25, -0.2) is 4.79 Å². The molecule has 0 aliphatic carbocycles. The van der Waals surface area contributed by atoms with Crippen molar-refractivity contribution in [2.24, 2.45) is 0 Å². The van der Waals surface area contributed by atoms with Crippen molar-refractivity contribution in [2.75, 3.05) is 5.73 Å². The third kappa shape index (κ3) is 2.98. The molecule has 0 fully saturated rings. The van der Waals surface area contributed by atoms with E-state index in [1.807, 2.05) is 13.0 Å². The van der Waals surface area contributed by atoms with Crippen LogP contribution in [0, 0.1) is 0 Å². The van der Waals surface area contributed by atoms with Gasteiger partial charge in [-0.2, -0.15) is 0 Å². The lowest BCUT2D eigenvalue weighted by molar-refractivity contribution is 0.570. The molecule has 106 valence electrons. The highest BCUT2D eigenvalue weighted by Crippen LogP contribution is 2.07. The molecule has 0 saturated carbocycles. The van der Waals surface area contributed by atoms with Crippen molar-refractivity contribution in [3.05, 3.63) is 55.5 Å². The van der Waals surface area contributed by atoms with Gasteiger partial charge in [-0.1, -0.05) is 6.92 Å². The van der Waals surface area contributed by atoms with Crippen LogP contribution in [0.25, 0.3) is 0 Å². The number of rotatable bonds is 4. The Labute approximate surface area is 124 Å². The summed E-state index contributed by atoms with van der Waals surface area (Å²) in [5, 5.41) is 0. The number of hydrogen-bond acceptors (Lipinski definition) is 4. The fraction of sp³-hybridized carbons (Fsp3) is 0.308. The number of nitrogen functional groups attached to an aromatic ring is 1. The Hall–Kier alpha value is -1.89. The summed E-state index contributed by atoms with van der Waals surface area (Å²) in [7, 11) is 0. The van der Waals surface area contributed by atoms with E-state index in [4.69, 9.17) is 5.73 Å². The average Bonchev–Trinajstić information content (AvgIpc) is 2.43. The highest BCUT2D eigenvalue weighted by Gasteiger charge is 2.10. The first kappa shape index (κ1) is 14.5. The maximum atomic E-state index is 12.2. The number of nitrogens with zero attached hydrogens (tertiary/aromatic N) is 3. The first-order valence-corrected chi connectivity index (χ1v) is 7.02. The van der Waals surface area contributed by atoms with Crippen molar-refractivity contribution < 1.29 is 0 Å². The average molecular weight is 339 g/mol. The molecule has 0 atom stereocenters. The van der Waals surface area contributed by atoms with Crippen LogP contribution in [-0.4, -0.2) is 14.1 Å². The minimum atomic E-state index is -0.480. The summed E-state index contributed by atoms with van der Waals surface area (Å²) in [6.07, 6.45) is 3.81. The lowest BCUT2D eigenvalue weighted by atomic mass is 10.3. The van der Waals surface area contributed by atoms with E-state index in [-0.39, 0.29) is 17.9 Å². The Morgan fingerprint density at radius 1 is 1.35 bits per heavy atom. The lowest BCUT2D eigenvalue weighted by Crippen LogP contribution is -2.41. The summed E-state index contributed by atoms with van der Waals surface area (Å²) >= 11 is 3.29. The summed E-state index contributed by atoms with van der Waals surface area (Å²) in [4.78, 5) is 28.4. The van der Waals surface area contributed by atoms with Gasteiger partial charge in [0.2, 0.25) is 0 Å². The molecule has 0 bridgehead atoms. The van der Waals surface area contributed by atoms with E-state index in [1.165, 1.54) is 10.8 Å². The van der Waals surface area contributed by atoms with Crippen molar-refractivity contribution in [3.63, 3.8) is 0 Å². The molecule has 0 aromatic carbocycles. The quantitative estimate of drug-likeness (QED) is 0.908. The van der Waals surface area contributed by atoms with Gasteiger partial charge in [-0.05, 0) is 34.5 Å². The third-order valence-electron chi connectivity index (χ3n) is 2.84. The number of nitrogens with two attached hydrogens (primary N) is 1. The van der Waals surface area contributed by atoms with E-state index < -0.39 is 5.56 Å². The predicted molar refractivity (Wildman–Crippen MR) is 80.7 cm³/mol. The Morgan fingerprint density at radius 2 is 2.10 bits per heavy atom. The minimum absolute atomic E-state index is 0.0650. The molecule has 2 aromatic heterocycles. The topological polar surface area (TPSA) is 82.9 Å². The molecule has 2 heterocycles. The molecular formula is C13H15BrN4O2. The van der Waals surface area contributed by atoms with E-state index in [0.717, 1.165) is 15.5 Å². The Bertz CT molecular complexity index is 719. The van der Waals surface area contributed by atoms with Crippen LogP contribution in [0.4, 0.5) is 5.69 Å². The normalized spacial score (nSPS) is 10.7. The smallest absolute Gasteiger partial charge is 0.331 e. The van der Waals surface area contributed by atoms with Crippen molar-refractivity contribution in [3.8, 4) is 0 Å². The summed E-state index contributed by atoms with van der Waals surface area (Å²) in [6.45, 7) is 2.59. The van der Waals surface area contributed by atoms with Gasteiger partial charge in [0.05, 0.1) is 12.2 Å². The third-order valence-corrected chi connectivity index (χ3v) is 3.31. The summed E-state index contributed by atoms with van der Waals surface area (Å²) in [6, 6.07) is 3.56. The first-order valence-electron chi connectivity index (χ1n) is 6.23. The fourth-order valence-electron chi connectivity index (χ4n) is 1.88. The number of aromatic nitrogens is 3. The van der Waals surface area contributed by atoms with Gasteiger partial charge in [0.25, 0.3) is 5.56 Å². The number of hydrogen-bond donors (Lipinski definition) is 1. The molecule has 20 heavy (non-hydrogen) atoms. The molecule has 7 heteroatoms. The Kier molecular flexibility index (Phi) is 4.39. The van der Waals surface area contributed by atoms with Crippen molar-refractivity contribution in [2.45, 2.75) is 26.4 Å². The molecule has 2 aromatic rings. The van der Waals surface area contributed by atoms with Crippen LogP contribution >= 0.6 is 15.9 Å². The molecule has 6 nitrogen and oxygen atoms in total. The molecule has 0 aliphatic rings. The maximum absolute atomic E-state index is 12.2. The standard InChI is InChI=1S/C13H15BrN4O2/c1-2-5-17-8-11(15)12(19)18(13(17)20)7-10-4-3-9(14)6-16-10/h3-4,6,8H,2,5,7,15H2,1H3. The molecule has 2 N–H and O–H groups in total. The molecule has 0 radical (unpaired) electrons. The zero-order valence-corrected chi connectivity index (χ0v) is 12.6. The summed E-state index contributed by atoms with van der Waals surface area (Å²) < 4.78 is 3.40. The molecule has 2 rings (SSSR count). The van der Waals surface area contributed by atoms with Crippen LogP contribution in [0.1, 0.15) is 19.0 Å². The van der Waals surface area contributed by atoms with Gasteiger partial charge in [0, 0.05) is 23.4 Å². The van der Waals surface area contributed by atoms with E-state index in [2.05, 4.69) is 20.9 Å². The summed E-state index contributed by atoms with van der Waals surface area (Å²) in [5.41, 5.74) is 5.52. The highest BCUT2D eigenvalue weighted by molar-refractivity contribution is 9.10. The first-order chi connectivity index (χ1) is 9.52. The fourth-order valence-corrected chi connectivity index (χ4v) is 2.11. The second kappa shape index (κ2) is 6.04. The van der Waals surface area contributed by atoms with Crippen LogP contribution in [0.15, 0.2) is 38.6 Å². The molecular weight excluding hydrogens is 324 g/mol. The van der Waals surface area contributed by atoms with Crippen LogP contribution in [0.5, 0.6) is 0 Å². The van der Waals surface area contributed by atoms with Crippen LogP contribution < -0.4 is 17.0 Å². The zero-order chi connectivity index (χ0) is 14.7. The molecule has 0 spiro atoms. The number of anilines is 1. The van der Waals surface area contributed by atoms with Gasteiger partial charge in [-0.3, -0.25) is 18.9 Å². The van der Waals surface area contributed by atoms with Gasteiger partial charge < -0.3 is 5.73 Å². The van der Waals surface area contributed by atoms with Crippen LogP contribution in [0.2, 0.25) is 0 Å². The van der Waals surface area contributed by atoms with Crippen molar-refractivity contribution >= 4 is 21.6 Å². The van der Waals surface area contributed by atoms with E-state index in [1.54, 1.807) is 12.3 Å². The van der Waals surface area contributed by atoms with Gasteiger partial charge in [0.15, 0.2) is 0 Å². The van der Waals surface area contributed by atoms with E-state index >= 15 is 0 Å². The monoisotopic (exact) mass is 338 g/mol. The second-order valence-corrected chi connectivity index (χ2v) is 5.34. The summed E-state index contributed by atoms with van der Waals surface area (Å²) in [5.74, 6) is 0. The Balaban J connectivity index is 2.47. The minimum Gasteiger partial charge on any atom is -0.393 e. The van der Waals surface area contributed by atoms with E-state index in [0.29, 0.717) is 12.2 Å². The number of halogens is 1. The molecule has 0 saturated heterocycles. The molecule has 0 amide bonds. The zero-order valence-electron chi connectivity index (χ0n) is 11.0. The van der Waals surface area contributed by atoms with Gasteiger partial charge in [0.1, 0.15) is 5.69 Å².